The lowest BCUT2D eigenvalue weighted by atomic mass is 10.0. The zero-order valence-electron chi connectivity index (χ0n) is 11.9. The first kappa shape index (κ1) is 15.4. The van der Waals surface area contributed by atoms with Gasteiger partial charge in [0.15, 0.2) is 0 Å². The lowest BCUT2D eigenvalue weighted by molar-refractivity contribution is -0.384. The van der Waals surface area contributed by atoms with E-state index in [9.17, 15) is 20.0 Å². The molecule has 0 radical (unpaired) electrons. The Morgan fingerprint density at radius 3 is 2.76 bits per heavy atom. The second-order valence-corrected chi connectivity index (χ2v) is 5.64. The number of nitrogens with zero attached hydrogens (tertiary/aromatic N) is 1. The van der Waals surface area contributed by atoms with Gasteiger partial charge in [-0.3, -0.25) is 14.9 Å². The molecule has 0 aromatic heterocycles. The van der Waals surface area contributed by atoms with E-state index >= 15 is 0 Å². The molecule has 0 bridgehead atoms. The quantitative estimate of drug-likeness (QED) is 0.619. The standard InChI is InChI=1S/C15H20N2O4/c18-14(16-11-15(19)8-1-2-9-15)7-6-12-4-3-5-13(10-12)17(20)21/h3-5,10,19H,1-2,6-9,11H2,(H,16,18). The van der Waals surface area contributed by atoms with E-state index in [-0.39, 0.29) is 18.0 Å². The smallest absolute Gasteiger partial charge is 0.269 e. The average molecular weight is 292 g/mol. The van der Waals surface area contributed by atoms with Crippen LogP contribution < -0.4 is 5.32 Å². The molecule has 2 rings (SSSR count). The molecule has 1 amide bonds. The zero-order valence-corrected chi connectivity index (χ0v) is 11.9. The van der Waals surface area contributed by atoms with Crippen LogP contribution in [-0.2, 0) is 11.2 Å². The van der Waals surface area contributed by atoms with Gasteiger partial charge in [0.05, 0.1) is 10.5 Å². The second kappa shape index (κ2) is 6.67. The lowest BCUT2D eigenvalue weighted by Crippen LogP contribution is -2.40. The summed E-state index contributed by atoms with van der Waals surface area (Å²) < 4.78 is 0. The van der Waals surface area contributed by atoms with E-state index in [1.807, 2.05) is 0 Å². The van der Waals surface area contributed by atoms with Crippen molar-refractivity contribution in [2.45, 2.75) is 44.1 Å². The van der Waals surface area contributed by atoms with E-state index in [0.29, 0.717) is 13.0 Å². The Balaban J connectivity index is 1.78. The van der Waals surface area contributed by atoms with Gasteiger partial charge in [0.2, 0.25) is 5.91 Å². The predicted molar refractivity (Wildman–Crippen MR) is 77.8 cm³/mol. The minimum Gasteiger partial charge on any atom is -0.388 e. The number of amides is 1. The van der Waals surface area contributed by atoms with Crippen LogP contribution in [0.3, 0.4) is 0 Å². The van der Waals surface area contributed by atoms with Crippen LogP contribution in [0.25, 0.3) is 0 Å². The third-order valence-electron chi connectivity index (χ3n) is 3.91. The molecule has 114 valence electrons. The first-order valence-corrected chi connectivity index (χ1v) is 7.21. The Morgan fingerprint density at radius 2 is 2.10 bits per heavy atom. The van der Waals surface area contributed by atoms with Crippen LogP contribution >= 0.6 is 0 Å². The summed E-state index contributed by atoms with van der Waals surface area (Å²) in [7, 11) is 0. The number of rotatable bonds is 6. The molecule has 1 aliphatic rings. The zero-order chi connectivity index (χ0) is 15.3. The van der Waals surface area contributed by atoms with Gasteiger partial charge in [-0.2, -0.15) is 0 Å². The van der Waals surface area contributed by atoms with Crippen molar-refractivity contribution in [2.24, 2.45) is 0 Å². The van der Waals surface area contributed by atoms with Crippen LogP contribution in [0, 0.1) is 10.1 Å². The summed E-state index contributed by atoms with van der Waals surface area (Å²) in [5, 5.41) is 23.6. The van der Waals surface area contributed by atoms with Crippen molar-refractivity contribution in [3.8, 4) is 0 Å². The summed E-state index contributed by atoms with van der Waals surface area (Å²) in [6.07, 6.45) is 4.18. The van der Waals surface area contributed by atoms with Crippen molar-refractivity contribution in [2.75, 3.05) is 6.54 Å². The van der Waals surface area contributed by atoms with Gasteiger partial charge in [-0.1, -0.05) is 25.0 Å². The molecule has 1 aromatic carbocycles. The molecular formula is C15H20N2O4. The Bertz CT molecular complexity index is 524. The largest absolute Gasteiger partial charge is 0.388 e. The number of non-ortho nitro benzene ring substituents is 1. The van der Waals surface area contributed by atoms with Crippen LogP contribution in [0.2, 0.25) is 0 Å². The first-order valence-electron chi connectivity index (χ1n) is 7.21. The van der Waals surface area contributed by atoms with Gasteiger partial charge in [-0.25, -0.2) is 0 Å². The van der Waals surface area contributed by atoms with Crippen LogP contribution in [0.5, 0.6) is 0 Å². The minimum atomic E-state index is -0.749. The van der Waals surface area contributed by atoms with E-state index in [2.05, 4.69) is 5.32 Å². The Hall–Kier alpha value is -1.95. The van der Waals surface area contributed by atoms with Crippen LogP contribution in [-0.4, -0.2) is 28.1 Å². The van der Waals surface area contributed by atoms with Crippen molar-refractivity contribution >= 4 is 11.6 Å². The maximum atomic E-state index is 11.8. The first-order chi connectivity index (χ1) is 9.98. The van der Waals surface area contributed by atoms with Crippen LogP contribution in [0.1, 0.15) is 37.7 Å². The fourth-order valence-corrected chi connectivity index (χ4v) is 2.64. The molecular weight excluding hydrogens is 272 g/mol. The number of carbonyl (C=O) groups excluding carboxylic acids is 1. The van der Waals surface area contributed by atoms with Crippen molar-refractivity contribution in [1.29, 1.82) is 0 Å². The van der Waals surface area contributed by atoms with Gasteiger partial charge in [-0.05, 0) is 24.8 Å². The van der Waals surface area contributed by atoms with Crippen molar-refractivity contribution < 1.29 is 14.8 Å². The summed E-state index contributed by atoms with van der Waals surface area (Å²) in [5.74, 6) is -0.137. The number of aliphatic hydroxyl groups is 1. The van der Waals surface area contributed by atoms with E-state index < -0.39 is 10.5 Å². The monoisotopic (exact) mass is 292 g/mol. The molecule has 0 spiro atoms. The van der Waals surface area contributed by atoms with Gasteiger partial charge >= 0.3 is 0 Å². The van der Waals surface area contributed by atoms with E-state index in [4.69, 9.17) is 0 Å². The highest BCUT2D eigenvalue weighted by Gasteiger charge is 2.31. The Kier molecular flexibility index (Phi) is 4.90. The number of benzene rings is 1. The van der Waals surface area contributed by atoms with Crippen LogP contribution in [0.15, 0.2) is 24.3 Å². The molecule has 0 atom stereocenters. The molecule has 1 fully saturated rings. The predicted octanol–water partition coefficient (Wildman–Crippen LogP) is 1.95. The van der Waals surface area contributed by atoms with Gasteiger partial charge in [-0.15, -0.1) is 0 Å². The summed E-state index contributed by atoms with van der Waals surface area (Å²) in [6, 6.07) is 6.30. The molecule has 0 unspecified atom stereocenters. The minimum absolute atomic E-state index is 0.0353. The number of hydrogen-bond acceptors (Lipinski definition) is 4. The maximum absolute atomic E-state index is 11.8. The molecule has 1 saturated carbocycles. The summed E-state index contributed by atoms with van der Waals surface area (Å²) >= 11 is 0. The lowest BCUT2D eigenvalue weighted by Gasteiger charge is -2.22. The summed E-state index contributed by atoms with van der Waals surface area (Å²) in [5.41, 5.74) is 0.0494. The van der Waals surface area contributed by atoms with Crippen molar-refractivity contribution in [3.63, 3.8) is 0 Å². The van der Waals surface area contributed by atoms with Gasteiger partial charge in [0.25, 0.3) is 5.69 Å². The van der Waals surface area contributed by atoms with Gasteiger partial charge in [0.1, 0.15) is 0 Å². The van der Waals surface area contributed by atoms with Crippen LogP contribution in [0.4, 0.5) is 5.69 Å². The molecule has 0 heterocycles. The number of nitro groups is 1. The van der Waals surface area contributed by atoms with E-state index in [1.165, 1.54) is 12.1 Å². The molecule has 0 saturated heterocycles. The van der Waals surface area contributed by atoms with E-state index in [0.717, 1.165) is 31.2 Å². The molecule has 6 nitrogen and oxygen atoms in total. The summed E-state index contributed by atoms with van der Waals surface area (Å²) in [6.45, 7) is 0.292. The molecule has 2 N–H and O–H groups in total. The maximum Gasteiger partial charge on any atom is 0.269 e. The normalized spacial score (nSPS) is 16.6. The Labute approximate surface area is 123 Å². The van der Waals surface area contributed by atoms with E-state index in [1.54, 1.807) is 12.1 Å². The van der Waals surface area contributed by atoms with Gasteiger partial charge < -0.3 is 10.4 Å². The fourth-order valence-electron chi connectivity index (χ4n) is 2.64. The molecule has 6 heteroatoms. The Morgan fingerprint density at radius 1 is 1.38 bits per heavy atom. The number of carbonyl (C=O) groups is 1. The number of nitro benzene ring substituents is 1. The molecule has 0 aliphatic heterocycles. The highest BCUT2D eigenvalue weighted by molar-refractivity contribution is 5.76. The average Bonchev–Trinajstić information content (AvgIpc) is 2.90. The third-order valence-corrected chi connectivity index (χ3v) is 3.91. The topological polar surface area (TPSA) is 92.5 Å². The molecule has 1 aromatic rings. The van der Waals surface area contributed by atoms with Gasteiger partial charge in [0, 0.05) is 25.1 Å². The number of hydrogen-bond donors (Lipinski definition) is 2. The second-order valence-electron chi connectivity index (χ2n) is 5.64. The number of aryl methyl sites for hydroxylation is 1. The highest BCUT2D eigenvalue weighted by Crippen LogP contribution is 2.28. The third kappa shape index (κ3) is 4.53. The van der Waals surface area contributed by atoms with Crippen molar-refractivity contribution in [3.05, 3.63) is 39.9 Å². The number of nitrogens with one attached hydrogen (secondary N) is 1. The summed E-state index contributed by atoms with van der Waals surface area (Å²) in [4.78, 5) is 22.0. The molecule has 21 heavy (non-hydrogen) atoms. The molecule has 1 aliphatic carbocycles. The van der Waals surface area contributed by atoms with Crippen molar-refractivity contribution in [1.82, 2.24) is 5.32 Å². The fraction of sp³-hybridized carbons (Fsp3) is 0.533. The SMILES string of the molecule is O=C(CCc1cccc([N+](=O)[O-])c1)NCC1(O)CCCC1. The highest BCUT2D eigenvalue weighted by atomic mass is 16.6.